The average Bonchev–Trinajstić information content (AvgIpc) is 3.66. The minimum atomic E-state index is -0.630. The predicted octanol–water partition coefficient (Wildman–Crippen LogP) is 4.35. The van der Waals surface area contributed by atoms with Gasteiger partial charge < -0.3 is 34.8 Å². The number of rotatable bonds is 19. The number of amides is 3. The number of hydrogen-bond donors (Lipinski definition) is 3. The van der Waals surface area contributed by atoms with Crippen LogP contribution >= 0.6 is 0 Å². The fourth-order valence-electron chi connectivity index (χ4n) is 7.40. The molecule has 2 aromatic rings. The smallest absolute Gasteiger partial charge is 0.409 e. The van der Waals surface area contributed by atoms with E-state index in [0.29, 0.717) is 50.7 Å². The first-order valence-corrected chi connectivity index (χ1v) is 19.6. The molecule has 2 heterocycles. The number of carbonyl (C=O) groups is 3. The summed E-state index contributed by atoms with van der Waals surface area (Å²) in [6, 6.07) is 8.90. The van der Waals surface area contributed by atoms with E-state index in [4.69, 9.17) is 4.74 Å². The number of aliphatic hydroxyl groups excluding tert-OH is 1. The Morgan fingerprint density at radius 3 is 2.38 bits per heavy atom. The monoisotopic (exact) mass is 724 g/mol. The fourth-order valence-corrected chi connectivity index (χ4v) is 7.40. The van der Waals surface area contributed by atoms with Crippen LogP contribution in [0.2, 0.25) is 0 Å². The topological polar surface area (TPSA) is 134 Å². The molecule has 0 radical (unpaired) electrons. The van der Waals surface area contributed by atoms with Crippen molar-refractivity contribution in [3.05, 3.63) is 54.1 Å². The van der Waals surface area contributed by atoms with Crippen LogP contribution in [0.1, 0.15) is 82.9 Å². The van der Waals surface area contributed by atoms with Gasteiger partial charge in [-0.1, -0.05) is 76.3 Å². The lowest BCUT2D eigenvalue weighted by atomic mass is 9.83. The second kappa shape index (κ2) is 21.3. The van der Waals surface area contributed by atoms with Gasteiger partial charge in [0.2, 0.25) is 11.8 Å². The number of hydrogen-bond acceptors (Lipinski definition) is 8. The van der Waals surface area contributed by atoms with E-state index in [1.807, 2.05) is 47.2 Å². The van der Waals surface area contributed by atoms with Crippen LogP contribution in [0.3, 0.4) is 0 Å². The van der Waals surface area contributed by atoms with E-state index in [0.717, 1.165) is 50.0 Å². The first kappa shape index (κ1) is 41.3. The maximum Gasteiger partial charge on any atom is 0.409 e. The van der Waals surface area contributed by atoms with Gasteiger partial charge in [-0.25, -0.2) is 9.78 Å². The number of aliphatic hydroxyl groups is 1. The van der Waals surface area contributed by atoms with Crippen molar-refractivity contribution in [2.75, 3.05) is 60.4 Å². The van der Waals surface area contributed by atoms with Gasteiger partial charge in [-0.15, -0.1) is 0 Å². The summed E-state index contributed by atoms with van der Waals surface area (Å²) < 4.78 is 6.14. The summed E-state index contributed by atoms with van der Waals surface area (Å²) in [5.74, 6) is 0.814. The Balaban J connectivity index is 1.46. The van der Waals surface area contributed by atoms with Crippen LogP contribution in [-0.4, -0.2) is 137 Å². The SMILES string of the molecule is CC(C)CC[C@H](O)[C@H](CC1CCCCC1)NC(=O)[C@H](Cc1c[nH]cn1)N(C)C[C@H](Cc1ccccc1)OC(=O)N(C)CCC(=O)N1CCN(C)CC1. The molecule has 12 nitrogen and oxygen atoms in total. The van der Waals surface area contributed by atoms with Gasteiger partial charge in [0.05, 0.1) is 30.2 Å². The van der Waals surface area contributed by atoms with E-state index in [9.17, 15) is 19.5 Å². The van der Waals surface area contributed by atoms with Crippen molar-refractivity contribution in [2.24, 2.45) is 11.8 Å². The molecule has 1 aliphatic carbocycles. The molecule has 52 heavy (non-hydrogen) atoms. The number of nitrogens with one attached hydrogen (secondary N) is 2. The fraction of sp³-hybridized carbons (Fsp3) is 0.700. The molecule has 4 atom stereocenters. The standard InChI is InChI=1S/C40H65N7O5/c1-30(2)16-17-37(48)35(25-32-14-10-7-11-15-32)43-39(50)36(26-33-27-41-29-42-33)46(5)28-34(24-31-12-8-6-9-13-31)52-40(51)45(4)19-18-38(49)47-22-20-44(3)21-23-47/h6,8-9,12-13,27,29-30,32,34-37,48H,7,10-11,14-26,28H2,1-5H3,(H,41,42)(H,43,50)/t34-,35-,36-,37-/m0/s1. The normalized spacial score (nSPS) is 18.2. The number of ether oxygens (including phenoxy) is 1. The quantitative estimate of drug-likeness (QED) is 0.195. The van der Waals surface area contributed by atoms with Crippen molar-refractivity contribution in [2.45, 2.75) is 109 Å². The van der Waals surface area contributed by atoms with E-state index >= 15 is 0 Å². The molecule has 0 spiro atoms. The molecule has 2 aliphatic rings. The van der Waals surface area contributed by atoms with Crippen LogP contribution < -0.4 is 5.32 Å². The molecule has 0 bridgehead atoms. The number of carbonyl (C=O) groups excluding carboxylic acids is 3. The molecule has 2 fully saturated rings. The van der Waals surface area contributed by atoms with Crippen molar-refractivity contribution < 1.29 is 24.2 Å². The van der Waals surface area contributed by atoms with Gasteiger partial charge in [0.15, 0.2) is 0 Å². The molecule has 4 rings (SSSR count). The number of aromatic amines is 1. The third-order valence-corrected chi connectivity index (χ3v) is 10.8. The lowest BCUT2D eigenvalue weighted by molar-refractivity contribution is -0.133. The minimum absolute atomic E-state index is 0.0386. The Morgan fingerprint density at radius 1 is 1.02 bits per heavy atom. The molecule has 0 unspecified atom stereocenters. The summed E-state index contributed by atoms with van der Waals surface area (Å²) in [5, 5.41) is 14.7. The van der Waals surface area contributed by atoms with Gasteiger partial charge in [0.1, 0.15) is 6.10 Å². The molecule has 1 saturated heterocycles. The van der Waals surface area contributed by atoms with Gasteiger partial charge in [-0.3, -0.25) is 14.5 Å². The van der Waals surface area contributed by atoms with E-state index in [1.54, 1.807) is 19.6 Å². The largest absolute Gasteiger partial charge is 0.444 e. The van der Waals surface area contributed by atoms with Gasteiger partial charge in [-0.05, 0) is 50.8 Å². The van der Waals surface area contributed by atoms with Crippen LogP contribution in [0.4, 0.5) is 4.79 Å². The Bertz CT molecular complexity index is 1330. The van der Waals surface area contributed by atoms with Crippen molar-refractivity contribution in [3.63, 3.8) is 0 Å². The lowest BCUT2D eigenvalue weighted by Crippen LogP contribution is -2.54. The summed E-state index contributed by atoms with van der Waals surface area (Å²) in [5.41, 5.74) is 1.76. The van der Waals surface area contributed by atoms with Gasteiger partial charge in [0.25, 0.3) is 0 Å². The molecule has 1 aromatic heterocycles. The Morgan fingerprint density at radius 2 is 1.73 bits per heavy atom. The maximum absolute atomic E-state index is 14.3. The molecule has 290 valence electrons. The third kappa shape index (κ3) is 13.8. The van der Waals surface area contributed by atoms with E-state index in [2.05, 4.69) is 41.1 Å². The zero-order valence-corrected chi connectivity index (χ0v) is 32.3. The van der Waals surface area contributed by atoms with Crippen LogP contribution in [0.5, 0.6) is 0 Å². The highest BCUT2D eigenvalue weighted by molar-refractivity contribution is 5.82. The molecule has 1 aliphatic heterocycles. The van der Waals surface area contributed by atoms with Gasteiger partial charge in [-0.2, -0.15) is 0 Å². The van der Waals surface area contributed by atoms with Gasteiger partial charge in [0, 0.05) is 71.8 Å². The van der Waals surface area contributed by atoms with E-state index in [1.165, 1.54) is 24.2 Å². The van der Waals surface area contributed by atoms with E-state index in [-0.39, 0.29) is 30.8 Å². The lowest BCUT2D eigenvalue weighted by Gasteiger charge is -2.34. The summed E-state index contributed by atoms with van der Waals surface area (Å²) in [7, 11) is 5.59. The first-order valence-electron chi connectivity index (χ1n) is 19.6. The Hall–Kier alpha value is -3.48. The number of piperazine rings is 1. The van der Waals surface area contributed by atoms with Crippen LogP contribution in [0, 0.1) is 11.8 Å². The highest BCUT2D eigenvalue weighted by Gasteiger charge is 2.33. The van der Waals surface area contributed by atoms with Crippen LogP contribution in [-0.2, 0) is 27.2 Å². The average molecular weight is 724 g/mol. The minimum Gasteiger partial charge on any atom is -0.444 e. The summed E-state index contributed by atoms with van der Waals surface area (Å²) in [6.07, 6.45) is 10.9. The molecular weight excluding hydrogens is 658 g/mol. The summed E-state index contributed by atoms with van der Waals surface area (Å²) in [4.78, 5) is 55.6. The number of nitrogens with zero attached hydrogens (tertiary/aromatic N) is 5. The second-order valence-electron chi connectivity index (χ2n) is 15.7. The summed E-state index contributed by atoms with van der Waals surface area (Å²) >= 11 is 0. The van der Waals surface area contributed by atoms with Crippen LogP contribution in [0.15, 0.2) is 42.9 Å². The highest BCUT2D eigenvalue weighted by Crippen LogP contribution is 2.29. The molecule has 12 heteroatoms. The van der Waals surface area contributed by atoms with Crippen molar-refractivity contribution in [1.29, 1.82) is 0 Å². The number of benzene rings is 1. The second-order valence-corrected chi connectivity index (χ2v) is 15.7. The highest BCUT2D eigenvalue weighted by atomic mass is 16.6. The summed E-state index contributed by atoms with van der Waals surface area (Å²) in [6.45, 7) is 7.93. The molecule has 1 saturated carbocycles. The number of imidazole rings is 1. The Kier molecular flexibility index (Phi) is 16.9. The number of likely N-dealkylation sites (N-methyl/N-ethyl adjacent to an activating group) is 2. The molecular formula is C40H65N7O5. The zero-order valence-electron chi connectivity index (χ0n) is 32.3. The third-order valence-electron chi connectivity index (χ3n) is 10.8. The molecule has 3 N–H and O–H groups in total. The number of aromatic nitrogens is 2. The Labute approximate surface area is 311 Å². The van der Waals surface area contributed by atoms with Gasteiger partial charge >= 0.3 is 6.09 Å². The molecule has 1 aromatic carbocycles. The first-order chi connectivity index (χ1) is 25.0. The van der Waals surface area contributed by atoms with Crippen molar-refractivity contribution in [3.8, 4) is 0 Å². The molecule has 3 amide bonds. The maximum atomic E-state index is 14.3. The van der Waals surface area contributed by atoms with Crippen molar-refractivity contribution in [1.82, 2.24) is 34.9 Å². The van der Waals surface area contributed by atoms with Crippen LogP contribution in [0.25, 0.3) is 0 Å². The van der Waals surface area contributed by atoms with E-state index < -0.39 is 24.3 Å². The number of H-pyrrole nitrogens is 1. The van der Waals surface area contributed by atoms with Crippen molar-refractivity contribution >= 4 is 17.9 Å². The predicted molar refractivity (Wildman–Crippen MR) is 204 cm³/mol. The zero-order chi connectivity index (χ0) is 37.5.